The first-order valence-corrected chi connectivity index (χ1v) is 7.15. The lowest BCUT2D eigenvalue weighted by molar-refractivity contribution is 0.00578. The number of hydrogen-bond acceptors (Lipinski definition) is 3. The van der Waals surface area contributed by atoms with Crippen molar-refractivity contribution in [2.45, 2.75) is 38.9 Å². The van der Waals surface area contributed by atoms with Gasteiger partial charge in [0.1, 0.15) is 0 Å². The molecule has 0 N–H and O–H groups in total. The van der Waals surface area contributed by atoms with Gasteiger partial charge < -0.3 is 13.9 Å². The Labute approximate surface area is 125 Å². The second-order valence-corrected chi connectivity index (χ2v) is 6.65. The molecule has 1 saturated heterocycles. The standard InChI is InChI=1S/C16H20BNO3/c1-15(2)16(3,4)21-17(20-15)12-7-6-11-8-13(10-19)18(5)14(11)9-12/h6-10H,1-5H3. The van der Waals surface area contributed by atoms with Crippen LogP contribution in [0.25, 0.3) is 10.9 Å². The molecule has 2 aromatic rings. The molecule has 21 heavy (non-hydrogen) atoms. The Bertz CT molecular complexity index is 702. The van der Waals surface area contributed by atoms with Gasteiger partial charge in [0, 0.05) is 18.0 Å². The van der Waals surface area contributed by atoms with E-state index in [0.717, 1.165) is 22.7 Å². The van der Waals surface area contributed by atoms with Crippen LogP contribution in [0, 0.1) is 0 Å². The number of fused-ring (bicyclic) bond motifs is 1. The van der Waals surface area contributed by atoms with Crippen molar-refractivity contribution >= 4 is 29.8 Å². The molecule has 2 heterocycles. The summed E-state index contributed by atoms with van der Waals surface area (Å²) < 4.78 is 14.0. The van der Waals surface area contributed by atoms with Crippen LogP contribution in [-0.4, -0.2) is 29.2 Å². The predicted octanol–water partition coefficient (Wildman–Crippen LogP) is 2.29. The van der Waals surface area contributed by atoms with Crippen LogP contribution in [0.3, 0.4) is 0 Å². The zero-order chi connectivity index (χ0) is 15.4. The Morgan fingerprint density at radius 1 is 1.10 bits per heavy atom. The first-order chi connectivity index (χ1) is 9.75. The van der Waals surface area contributed by atoms with Gasteiger partial charge >= 0.3 is 7.12 Å². The molecule has 0 atom stereocenters. The third-order valence-corrected chi connectivity index (χ3v) is 4.75. The van der Waals surface area contributed by atoms with Crippen molar-refractivity contribution in [1.29, 1.82) is 0 Å². The number of aromatic nitrogens is 1. The maximum Gasteiger partial charge on any atom is 0.494 e. The second kappa shape index (κ2) is 4.45. The van der Waals surface area contributed by atoms with Gasteiger partial charge in [-0.2, -0.15) is 0 Å². The molecular formula is C16H20BNO3. The predicted molar refractivity (Wildman–Crippen MR) is 84.0 cm³/mol. The molecule has 3 rings (SSSR count). The summed E-state index contributed by atoms with van der Waals surface area (Å²) in [5.74, 6) is 0. The summed E-state index contributed by atoms with van der Waals surface area (Å²) in [6.07, 6.45) is 0.870. The molecule has 0 unspecified atom stereocenters. The Morgan fingerprint density at radius 2 is 1.71 bits per heavy atom. The summed E-state index contributed by atoms with van der Waals surface area (Å²) in [7, 11) is 1.51. The van der Waals surface area contributed by atoms with Crippen molar-refractivity contribution in [3.8, 4) is 0 Å². The van der Waals surface area contributed by atoms with Crippen LogP contribution in [0.2, 0.25) is 0 Å². The van der Waals surface area contributed by atoms with E-state index in [-0.39, 0.29) is 18.3 Å². The fourth-order valence-corrected chi connectivity index (χ4v) is 2.61. The summed E-state index contributed by atoms with van der Waals surface area (Å²) in [5.41, 5.74) is 1.93. The van der Waals surface area contributed by atoms with Gasteiger partial charge in [-0.25, -0.2) is 0 Å². The summed E-state index contributed by atoms with van der Waals surface area (Å²) in [6.45, 7) is 8.16. The minimum absolute atomic E-state index is 0.352. The Morgan fingerprint density at radius 3 is 2.29 bits per heavy atom. The molecule has 1 aromatic heterocycles. The number of aryl methyl sites for hydroxylation is 1. The average Bonchev–Trinajstić information content (AvgIpc) is 2.84. The van der Waals surface area contributed by atoms with E-state index < -0.39 is 0 Å². The number of hydrogen-bond donors (Lipinski definition) is 0. The minimum Gasteiger partial charge on any atom is -0.399 e. The maximum atomic E-state index is 11.0. The van der Waals surface area contributed by atoms with Crippen LogP contribution >= 0.6 is 0 Å². The largest absolute Gasteiger partial charge is 0.494 e. The maximum absolute atomic E-state index is 11.0. The SMILES string of the molecule is Cn1c(C=O)cc2ccc(B3OC(C)(C)C(C)(C)O3)cc21. The molecule has 0 amide bonds. The van der Waals surface area contributed by atoms with Crippen LogP contribution in [0.15, 0.2) is 24.3 Å². The van der Waals surface area contributed by atoms with E-state index >= 15 is 0 Å². The Balaban J connectivity index is 2.03. The molecule has 0 bridgehead atoms. The van der Waals surface area contributed by atoms with Gasteiger partial charge in [0.05, 0.1) is 16.9 Å². The van der Waals surface area contributed by atoms with Gasteiger partial charge in [-0.3, -0.25) is 4.79 Å². The fraction of sp³-hybridized carbons (Fsp3) is 0.438. The number of rotatable bonds is 2. The van der Waals surface area contributed by atoms with Gasteiger partial charge in [-0.15, -0.1) is 0 Å². The normalized spacial score (nSPS) is 20.1. The Kier molecular flexibility index (Phi) is 3.04. The molecule has 1 fully saturated rings. The van der Waals surface area contributed by atoms with E-state index in [0.29, 0.717) is 5.69 Å². The van der Waals surface area contributed by atoms with Gasteiger partial charge in [0.2, 0.25) is 0 Å². The highest BCUT2D eigenvalue weighted by atomic mass is 16.7. The zero-order valence-corrected chi connectivity index (χ0v) is 13.1. The van der Waals surface area contributed by atoms with Gasteiger partial charge in [0.25, 0.3) is 0 Å². The van der Waals surface area contributed by atoms with Crippen LogP contribution in [0.4, 0.5) is 0 Å². The van der Waals surface area contributed by atoms with Crippen LogP contribution in [-0.2, 0) is 16.4 Å². The van der Waals surface area contributed by atoms with E-state index in [2.05, 4.69) is 0 Å². The molecule has 110 valence electrons. The topological polar surface area (TPSA) is 40.5 Å². The number of nitrogens with zero attached hydrogens (tertiary/aromatic N) is 1. The first-order valence-electron chi connectivity index (χ1n) is 7.15. The zero-order valence-electron chi connectivity index (χ0n) is 13.1. The molecule has 4 nitrogen and oxygen atoms in total. The molecule has 0 spiro atoms. The summed E-state index contributed by atoms with van der Waals surface area (Å²) >= 11 is 0. The van der Waals surface area contributed by atoms with Crippen molar-refractivity contribution in [3.63, 3.8) is 0 Å². The summed E-state index contributed by atoms with van der Waals surface area (Å²) in [4.78, 5) is 11.0. The van der Waals surface area contributed by atoms with Gasteiger partial charge in [-0.1, -0.05) is 12.1 Å². The number of aldehydes is 1. The van der Waals surface area contributed by atoms with E-state index in [1.807, 2.05) is 63.6 Å². The van der Waals surface area contributed by atoms with Crippen LogP contribution < -0.4 is 5.46 Å². The smallest absolute Gasteiger partial charge is 0.399 e. The highest BCUT2D eigenvalue weighted by Crippen LogP contribution is 2.36. The van der Waals surface area contributed by atoms with Crippen molar-refractivity contribution < 1.29 is 14.1 Å². The van der Waals surface area contributed by atoms with E-state index in [4.69, 9.17) is 9.31 Å². The van der Waals surface area contributed by atoms with Gasteiger partial charge in [0.15, 0.2) is 6.29 Å². The van der Waals surface area contributed by atoms with Crippen molar-refractivity contribution in [2.24, 2.45) is 7.05 Å². The molecular weight excluding hydrogens is 265 g/mol. The lowest BCUT2D eigenvalue weighted by Gasteiger charge is -2.32. The number of carbonyl (C=O) groups excluding carboxylic acids is 1. The lowest BCUT2D eigenvalue weighted by atomic mass is 9.79. The number of carbonyl (C=O) groups is 1. The fourth-order valence-electron chi connectivity index (χ4n) is 2.61. The lowest BCUT2D eigenvalue weighted by Crippen LogP contribution is -2.41. The van der Waals surface area contributed by atoms with E-state index in [9.17, 15) is 4.79 Å². The summed E-state index contributed by atoms with van der Waals surface area (Å²) in [6, 6.07) is 7.92. The third-order valence-electron chi connectivity index (χ3n) is 4.75. The quantitative estimate of drug-likeness (QED) is 0.628. The molecule has 1 aliphatic rings. The highest BCUT2D eigenvalue weighted by molar-refractivity contribution is 6.62. The third kappa shape index (κ3) is 2.12. The summed E-state index contributed by atoms with van der Waals surface area (Å²) in [5, 5.41) is 1.04. The van der Waals surface area contributed by atoms with Crippen molar-refractivity contribution in [2.75, 3.05) is 0 Å². The number of benzene rings is 1. The van der Waals surface area contributed by atoms with Crippen molar-refractivity contribution in [1.82, 2.24) is 4.57 Å². The molecule has 1 aromatic carbocycles. The molecule has 0 saturated carbocycles. The molecule has 1 aliphatic heterocycles. The minimum atomic E-state index is -0.381. The van der Waals surface area contributed by atoms with Crippen molar-refractivity contribution in [3.05, 3.63) is 30.0 Å². The van der Waals surface area contributed by atoms with E-state index in [1.165, 1.54) is 0 Å². The second-order valence-electron chi connectivity index (χ2n) is 6.65. The molecule has 0 aliphatic carbocycles. The first kappa shape index (κ1) is 14.4. The van der Waals surface area contributed by atoms with E-state index in [1.54, 1.807) is 0 Å². The highest BCUT2D eigenvalue weighted by Gasteiger charge is 2.51. The molecule has 0 radical (unpaired) electrons. The Hall–Kier alpha value is -1.59. The van der Waals surface area contributed by atoms with Crippen LogP contribution in [0.5, 0.6) is 0 Å². The monoisotopic (exact) mass is 285 g/mol. The average molecular weight is 285 g/mol. The van der Waals surface area contributed by atoms with Crippen LogP contribution in [0.1, 0.15) is 38.2 Å². The molecule has 5 heteroatoms. The van der Waals surface area contributed by atoms with Gasteiger partial charge in [-0.05, 0) is 45.3 Å².